The van der Waals surface area contributed by atoms with Crippen molar-refractivity contribution in [1.29, 1.82) is 0 Å². The summed E-state index contributed by atoms with van der Waals surface area (Å²) in [5.74, 6) is 1.68. The van der Waals surface area contributed by atoms with Crippen molar-refractivity contribution in [1.82, 2.24) is 10.2 Å². The molecule has 0 saturated heterocycles. The Morgan fingerprint density at radius 2 is 1.87 bits per heavy atom. The molecule has 3 rings (SSSR count). The minimum atomic E-state index is -0.191. The number of hydrogen-bond acceptors (Lipinski definition) is 3. The minimum Gasteiger partial charge on any atom is -0.457 e. The molecule has 0 atom stereocenters. The van der Waals surface area contributed by atoms with E-state index in [0.29, 0.717) is 6.42 Å². The highest BCUT2D eigenvalue weighted by atomic mass is 16.5. The number of rotatable bonds is 5. The molecular weight excluding hydrogens is 288 g/mol. The number of hydrogen-bond donors (Lipinski definition) is 1. The lowest BCUT2D eigenvalue weighted by atomic mass is 10.0. The summed E-state index contributed by atoms with van der Waals surface area (Å²) in [5, 5.41) is 6.51. The van der Waals surface area contributed by atoms with Gasteiger partial charge in [-0.15, -0.1) is 0 Å². The highest BCUT2D eigenvalue weighted by Gasteiger charge is 2.07. The van der Waals surface area contributed by atoms with Gasteiger partial charge in [-0.05, 0) is 41.8 Å². The van der Waals surface area contributed by atoms with Crippen LogP contribution in [0.25, 0.3) is 0 Å². The Labute approximate surface area is 134 Å². The third-order valence-corrected chi connectivity index (χ3v) is 3.61. The van der Waals surface area contributed by atoms with Gasteiger partial charge in [-0.3, -0.25) is 4.79 Å². The van der Waals surface area contributed by atoms with Crippen molar-refractivity contribution in [2.24, 2.45) is 0 Å². The molecule has 0 aliphatic carbocycles. The number of aromatic nitrogens is 2. The molecule has 0 amide bonds. The maximum atomic E-state index is 11.1. The van der Waals surface area contributed by atoms with Crippen molar-refractivity contribution in [2.75, 3.05) is 0 Å². The molecule has 4 nitrogen and oxygen atoms in total. The van der Waals surface area contributed by atoms with Crippen LogP contribution in [-0.4, -0.2) is 10.2 Å². The third kappa shape index (κ3) is 3.86. The lowest BCUT2D eigenvalue weighted by molar-refractivity contribution is 0.476. The topological polar surface area (TPSA) is 55.0 Å². The Bertz CT molecular complexity index is 821. The van der Waals surface area contributed by atoms with Gasteiger partial charge >= 0.3 is 0 Å². The predicted molar refractivity (Wildman–Crippen MR) is 90.0 cm³/mol. The molecular formula is C19H18N2O2. The number of H-pyrrole nitrogens is 1. The minimum absolute atomic E-state index is 0.191. The van der Waals surface area contributed by atoms with Crippen molar-refractivity contribution in [3.05, 3.63) is 87.8 Å². The second-order valence-corrected chi connectivity index (χ2v) is 5.30. The summed E-state index contributed by atoms with van der Waals surface area (Å²) in [5.41, 5.74) is 2.88. The summed E-state index contributed by atoms with van der Waals surface area (Å²) in [6.45, 7) is 2.11. The van der Waals surface area contributed by atoms with E-state index in [4.69, 9.17) is 4.74 Å². The normalized spacial score (nSPS) is 10.5. The zero-order valence-corrected chi connectivity index (χ0v) is 13.0. The molecule has 3 aromatic rings. The molecule has 0 unspecified atom stereocenters. The van der Waals surface area contributed by atoms with E-state index in [1.807, 2.05) is 36.4 Å². The molecule has 23 heavy (non-hydrogen) atoms. The summed E-state index contributed by atoms with van der Waals surface area (Å²) in [4.78, 5) is 11.1. The summed E-state index contributed by atoms with van der Waals surface area (Å²) >= 11 is 0. The van der Waals surface area contributed by atoms with Gasteiger partial charge in [0.15, 0.2) is 0 Å². The molecule has 116 valence electrons. The first-order valence-corrected chi connectivity index (χ1v) is 7.64. The first kappa shape index (κ1) is 15.0. The van der Waals surface area contributed by atoms with Gasteiger partial charge in [0.25, 0.3) is 5.56 Å². The monoisotopic (exact) mass is 306 g/mol. The van der Waals surface area contributed by atoms with Gasteiger partial charge in [0.2, 0.25) is 0 Å². The first-order chi connectivity index (χ1) is 11.2. The Balaban J connectivity index is 1.86. The summed E-state index contributed by atoms with van der Waals surface area (Å²) in [6.07, 6.45) is 1.55. The van der Waals surface area contributed by atoms with Crippen LogP contribution in [0.1, 0.15) is 23.7 Å². The van der Waals surface area contributed by atoms with Crippen LogP contribution in [0.2, 0.25) is 0 Å². The molecule has 0 spiro atoms. The predicted octanol–water partition coefficient (Wildman–Crippen LogP) is 3.72. The fourth-order valence-corrected chi connectivity index (χ4v) is 2.39. The van der Waals surface area contributed by atoms with Gasteiger partial charge in [-0.1, -0.05) is 37.3 Å². The van der Waals surface area contributed by atoms with Gasteiger partial charge in [-0.25, -0.2) is 5.10 Å². The van der Waals surface area contributed by atoms with Gasteiger partial charge < -0.3 is 4.74 Å². The Hall–Kier alpha value is -2.88. The molecule has 1 aromatic heterocycles. The van der Waals surface area contributed by atoms with Gasteiger partial charge in [0.05, 0.1) is 5.69 Å². The zero-order chi connectivity index (χ0) is 16.1. The van der Waals surface area contributed by atoms with Gasteiger partial charge in [-0.2, -0.15) is 5.10 Å². The molecule has 0 fully saturated rings. The SMILES string of the molecule is CCc1ccc(Cc2ccc(=O)[nH]n2)cc1Oc1ccccc1. The van der Waals surface area contributed by atoms with Crippen molar-refractivity contribution >= 4 is 0 Å². The van der Waals surface area contributed by atoms with Crippen molar-refractivity contribution in [2.45, 2.75) is 19.8 Å². The van der Waals surface area contributed by atoms with E-state index in [0.717, 1.165) is 34.7 Å². The maximum Gasteiger partial charge on any atom is 0.264 e. The van der Waals surface area contributed by atoms with Crippen molar-refractivity contribution in [3.8, 4) is 11.5 Å². The van der Waals surface area contributed by atoms with E-state index in [2.05, 4.69) is 29.3 Å². The highest BCUT2D eigenvalue weighted by Crippen LogP contribution is 2.27. The Morgan fingerprint density at radius 1 is 1.04 bits per heavy atom. The molecule has 1 heterocycles. The third-order valence-electron chi connectivity index (χ3n) is 3.61. The number of aromatic amines is 1. The molecule has 0 bridgehead atoms. The largest absolute Gasteiger partial charge is 0.457 e. The number of benzene rings is 2. The quantitative estimate of drug-likeness (QED) is 0.781. The van der Waals surface area contributed by atoms with Crippen LogP contribution < -0.4 is 10.3 Å². The Kier molecular flexibility index (Phi) is 4.52. The lowest BCUT2D eigenvalue weighted by Crippen LogP contribution is -2.07. The van der Waals surface area contributed by atoms with Crippen LogP contribution in [0.15, 0.2) is 65.5 Å². The number of ether oxygens (including phenoxy) is 1. The number of nitrogens with zero attached hydrogens (tertiary/aromatic N) is 1. The molecule has 4 heteroatoms. The second kappa shape index (κ2) is 6.92. The fourth-order valence-electron chi connectivity index (χ4n) is 2.39. The van der Waals surface area contributed by atoms with E-state index in [-0.39, 0.29) is 5.56 Å². The van der Waals surface area contributed by atoms with Crippen LogP contribution in [0, 0.1) is 0 Å². The summed E-state index contributed by atoms with van der Waals surface area (Å²) < 4.78 is 6.02. The van der Waals surface area contributed by atoms with Crippen LogP contribution in [0.5, 0.6) is 11.5 Å². The number of aryl methyl sites for hydroxylation is 1. The molecule has 0 aliphatic rings. The molecule has 2 aromatic carbocycles. The van der Waals surface area contributed by atoms with Crippen LogP contribution >= 0.6 is 0 Å². The highest BCUT2D eigenvalue weighted by molar-refractivity contribution is 5.41. The van der Waals surface area contributed by atoms with E-state index in [1.165, 1.54) is 6.07 Å². The first-order valence-electron chi connectivity index (χ1n) is 7.64. The van der Waals surface area contributed by atoms with Crippen LogP contribution in [0.4, 0.5) is 0 Å². The van der Waals surface area contributed by atoms with Crippen LogP contribution in [-0.2, 0) is 12.8 Å². The summed E-state index contributed by atoms with van der Waals surface area (Å²) in [7, 11) is 0. The van der Waals surface area contributed by atoms with Crippen molar-refractivity contribution < 1.29 is 4.74 Å². The van der Waals surface area contributed by atoms with Gasteiger partial charge in [0, 0.05) is 12.5 Å². The molecule has 0 aliphatic heterocycles. The number of nitrogens with one attached hydrogen (secondary N) is 1. The average Bonchev–Trinajstić information content (AvgIpc) is 2.58. The fraction of sp³-hybridized carbons (Fsp3) is 0.158. The standard InChI is InChI=1S/C19H18N2O2/c1-2-15-9-8-14(12-16-10-11-19(22)21-20-16)13-18(15)23-17-6-4-3-5-7-17/h3-11,13H,2,12H2,1H3,(H,21,22). The van der Waals surface area contributed by atoms with Crippen molar-refractivity contribution in [3.63, 3.8) is 0 Å². The molecule has 0 saturated carbocycles. The van der Waals surface area contributed by atoms with E-state index >= 15 is 0 Å². The smallest absolute Gasteiger partial charge is 0.264 e. The second-order valence-electron chi connectivity index (χ2n) is 5.30. The number of para-hydroxylation sites is 1. The van der Waals surface area contributed by atoms with E-state index in [9.17, 15) is 4.79 Å². The summed E-state index contributed by atoms with van der Waals surface area (Å²) in [6, 6.07) is 19.2. The molecule has 1 N–H and O–H groups in total. The van der Waals surface area contributed by atoms with Crippen LogP contribution in [0.3, 0.4) is 0 Å². The average molecular weight is 306 g/mol. The molecule has 0 radical (unpaired) electrons. The maximum absolute atomic E-state index is 11.1. The van der Waals surface area contributed by atoms with E-state index < -0.39 is 0 Å². The lowest BCUT2D eigenvalue weighted by Gasteiger charge is -2.12. The zero-order valence-electron chi connectivity index (χ0n) is 13.0. The Morgan fingerprint density at radius 3 is 2.57 bits per heavy atom. The van der Waals surface area contributed by atoms with E-state index in [1.54, 1.807) is 6.07 Å². The van der Waals surface area contributed by atoms with Gasteiger partial charge in [0.1, 0.15) is 11.5 Å².